The van der Waals surface area contributed by atoms with Gasteiger partial charge in [0.2, 0.25) is 0 Å². The molecule has 2 aliphatic rings. The Morgan fingerprint density at radius 3 is 2.67 bits per heavy atom. The molecule has 2 heterocycles. The minimum atomic E-state index is 0.438. The predicted molar refractivity (Wildman–Crippen MR) is 76.3 cm³/mol. The zero-order valence-electron chi connectivity index (χ0n) is 10.8. The third-order valence-electron chi connectivity index (χ3n) is 4.02. The molecule has 1 unspecified atom stereocenters. The summed E-state index contributed by atoms with van der Waals surface area (Å²) >= 11 is 7.56. The normalized spacial score (nSPS) is 24.3. The summed E-state index contributed by atoms with van der Waals surface area (Å²) in [5.41, 5.74) is 1.01. The number of aromatic nitrogens is 1. The van der Waals surface area contributed by atoms with Crippen LogP contribution in [0.3, 0.4) is 0 Å². The van der Waals surface area contributed by atoms with Crippen LogP contribution in [0.4, 0.5) is 0 Å². The van der Waals surface area contributed by atoms with Gasteiger partial charge in [0.1, 0.15) is 5.01 Å². The molecule has 2 fully saturated rings. The first-order valence-electron chi connectivity index (χ1n) is 6.76. The summed E-state index contributed by atoms with van der Waals surface area (Å²) in [4.78, 5) is 9.80. The highest BCUT2D eigenvalue weighted by Gasteiger charge is 2.32. The smallest absolute Gasteiger partial charge is 0.110 e. The molecule has 1 saturated carbocycles. The second-order valence-electron chi connectivity index (χ2n) is 5.29. The van der Waals surface area contributed by atoms with E-state index in [1.807, 2.05) is 0 Å². The van der Waals surface area contributed by atoms with Gasteiger partial charge >= 0.3 is 0 Å². The van der Waals surface area contributed by atoms with Gasteiger partial charge < -0.3 is 0 Å². The monoisotopic (exact) mass is 285 g/mol. The number of rotatable bonds is 4. The Morgan fingerprint density at radius 2 is 2.11 bits per heavy atom. The predicted octanol–water partition coefficient (Wildman–Crippen LogP) is 2.72. The summed E-state index contributed by atoms with van der Waals surface area (Å²) in [6.45, 7) is 7.07. The third-order valence-corrected chi connectivity index (χ3v) is 5.36. The first kappa shape index (κ1) is 12.9. The number of alkyl halides is 1. The van der Waals surface area contributed by atoms with Crippen molar-refractivity contribution < 1.29 is 0 Å². The van der Waals surface area contributed by atoms with Crippen LogP contribution in [-0.2, 0) is 5.88 Å². The first-order valence-corrected chi connectivity index (χ1v) is 8.17. The maximum Gasteiger partial charge on any atom is 0.110 e. The van der Waals surface area contributed by atoms with Crippen LogP contribution in [0.25, 0.3) is 0 Å². The van der Waals surface area contributed by atoms with Crippen molar-refractivity contribution >= 4 is 22.9 Å². The summed E-state index contributed by atoms with van der Waals surface area (Å²) in [7, 11) is 0. The van der Waals surface area contributed by atoms with E-state index in [9.17, 15) is 0 Å². The highest BCUT2D eigenvalue weighted by atomic mass is 35.5. The summed E-state index contributed by atoms with van der Waals surface area (Å²) in [5, 5.41) is 3.30. The minimum absolute atomic E-state index is 0.438. The van der Waals surface area contributed by atoms with Crippen molar-refractivity contribution in [3.05, 3.63) is 16.1 Å². The molecule has 5 heteroatoms. The van der Waals surface area contributed by atoms with Crippen LogP contribution in [0.1, 0.15) is 36.5 Å². The molecule has 3 rings (SSSR count). The maximum atomic E-state index is 5.82. The van der Waals surface area contributed by atoms with Crippen molar-refractivity contribution in [1.82, 2.24) is 14.8 Å². The van der Waals surface area contributed by atoms with Crippen LogP contribution in [-0.4, -0.2) is 47.0 Å². The molecular formula is C13H20ClN3S. The van der Waals surface area contributed by atoms with E-state index in [1.54, 1.807) is 11.3 Å². The van der Waals surface area contributed by atoms with Gasteiger partial charge in [0.05, 0.1) is 17.6 Å². The molecule has 0 bridgehead atoms. The van der Waals surface area contributed by atoms with Crippen LogP contribution in [0.5, 0.6) is 0 Å². The van der Waals surface area contributed by atoms with E-state index >= 15 is 0 Å². The van der Waals surface area contributed by atoms with Gasteiger partial charge in [-0.05, 0) is 19.8 Å². The molecule has 1 aromatic heterocycles. The van der Waals surface area contributed by atoms with Crippen molar-refractivity contribution in [2.45, 2.75) is 37.7 Å². The number of piperazine rings is 1. The molecule has 0 aromatic carbocycles. The largest absolute Gasteiger partial charge is 0.298 e. The highest BCUT2D eigenvalue weighted by Crippen LogP contribution is 2.30. The number of nitrogens with zero attached hydrogens (tertiary/aromatic N) is 3. The lowest BCUT2D eigenvalue weighted by Gasteiger charge is -2.37. The lowest BCUT2D eigenvalue weighted by atomic mass is 10.2. The van der Waals surface area contributed by atoms with E-state index in [0.29, 0.717) is 11.9 Å². The molecule has 0 radical (unpaired) electrons. The second-order valence-corrected chi connectivity index (χ2v) is 6.45. The first-order chi connectivity index (χ1) is 8.78. The minimum Gasteiger partial charge on any atom is -0.298 e. The highest BCUT2D eigenvalue weighted by molar-refractivity contribution is 7.09. The maximum absolute atomic E-state index is 5.82. The molecule has 0 amide bonds. The number of hydrogen-bond donors (Lipinski definition) is 0. The summed E-state index contributed by atoms with van der Waals surface area (Å²) < 4.78 is 0. The van der Waals surface area contributed by atoms with Gasteiger partial charge in [-0.2, -0.15) is 0 Å². The standard InChI is InChI=1S/C13H20ClN3S/c1-10(13-15-11(8-14)9-18-13)16-4-6-17(7-5-16)12-2-3-12/h9-10,12H,2-8H2,1H3. The molecule has 1 aliphatic heterocycles. The van der Waals surface area contributed by atoms with Gasteiger partial charge in [-0.15, -0.1) is 22.9 Å². The average molecular weight is 286 g/mol. The van der Waals surface area contributed by atoms with Crippen LogP contribution >= 0.6 is 22.9 Å². The molecule has 1 saturated heterocycles. The lowest BCUT2D eigenvalue weighted by molar-refractivity contribution is 0.0973. The molecule has 3 nitrogen and oxygen atoms in total. The van der Waals surface area contributed by atoms with E-state index in [-0.39, 0.29) is 0 Å². The summed E-state index contributed by atoms with van der Waals surface area (Å²) in [5.74, 6) is 0.526. The molecule has 1 aromatic rings. The van der Waals surface area contributed by atoms with Crippen LogP contribution in [0.15, 0.2) is 5.38 Å². The van der Waals surface area contributed by atoms with Gasteiger partial charge in [-0.3, -0.25) is 9.80 Å². The Bertz CT molecular complexity index is 397. The lowest BCUT2D eigenvalue weighted by Crippen LogP contribution is -2.47. The van der Waals surface area contributed by atoms with Crippen LogP contribution < -0.4 is 0 Å². The number of halogens is 1. The molecule has 1 aliphatic carbocycles. The molecule has 0 N–H and O–H groups in total. The Hall–Kier alpha value is -0.160. The van der Waals surface area contributed by atoms with E-state index in [1.165, 1.54) is 44.0 Å². The molecule has 18 heavy (non-hydrogen) atoms. The molecule has 0 spiro atoms. The Labute approximate surface area is 118 Å². The van der Waals surface area contributed by atoms with Crippen molar-refractivity contribution in [1.29, 1.82) is 0 Å². The van der Waals surface area contributed by atoms with Crippen LogP contribution in [0.2, 0.25) is 0 Å². The topological polar surface area (TPSA) is 19.4 Å². The summed E-state index contributed by atoms with van der Waals surface area (Å²) in [6, 6.07) is 1.35. The summed E-state index contributed by atoms with van der Waals surface area (Å²) in [6.07, 6.45) is 2.84. The van der Waals surface area contributed by atoms with Gasteiger partial charge in [-0.1, -0.05) is 0 Å². The van der Waals surface area contributed by atoms with Crippen molar-refractivity contribution in [2.24, 2.45) is 0 Å². The van der Waals surface area contributed by atoms with E-state index in [2.05, 4.69) is 27.1 Å². The quantitative estimate of drug-likeness (QED) is 0.793. The third kappa shape index (κ3) is 2.72. The zero-order chi connectivity index (χ0) is 12.5. The van der Waals surface area contributed by atoms with Crippen molar-refractivity contribution in [3.63, 3.8) is 0 Å². The Balaban J connectivity index is 1.57. The molecular weight excluding hydrogens is 266 g/mol. The van der Waals surface area contributed by atoms with Crippen molar-refractivity contribution in [3.8, 4) is 0 Å². The fourth-order valence-corrected chi connectivity index (χ4v) is 3.80. The average Bonchev–Trinajstić information content (AvgIpc) is 3.16. The second kappa shape index (κ2) is 5.45. The fourth-order valence-electron chi connectivity index (χ4n) is 2.66. The number of thiazole rings is 1. The van der Waals surface area contributed by atoms with Crippen LogP contribution in [0, 0.1) is 0 Å². The Kier molecular flexibility index (Phi) is 3.89. The van der Waals surface area contributed by atoms with E-state index < -0.39 is 0 Å². The SMILES string of the molecule is CC(c1nc(CCl)cs1)N1CCN(C2CC2)CC1. The van der Waals surface area contributed by atoms with Gasteiger partial charge in [0.15, 0.2) is 0 Å². The molecule has 100 valence electrons. The fraction of sp³-hybridized carbons (Fsp3) is 0.769. The van der Waals surface area contributed by atoms with Gasteiger partial charge in [0, 0.05) is 37.6 Å². The van der Waals surface area contributed by atoms with Crippen molar-refractivity contribution in [2.75, 3.05) is 26.2 Å². The number of hydrogen-bond acceptors (Lipinski definition) is 4. The zero-order valence-corrected chi connectivity index (χ0v) is 12.4. The van der Waals surface area contributed by atoms with Gasteiger partial charge in [-0.25, -0.2) is 4.98 Å². The molecule has 1 atom stereocenters. The van der Waals surface area contributed by atoms with E-state index in [4.69, 9.17) is 11.6 Å². The Morgan fingerprint density at radius 1 is 1.39 bits per heavy atom. The van der Waals surface area contributed by atoms with Gasteiger partial charge in [0.25, 0.3) is 0 Å². The van der Waals surface area contributed by atoms with E-state index in [0.717, 1.165) is 11.7 Å².